The van der Waals surface area contributed by atoms with E-state index in [0.717, 1.165) is 32.4 Å². The summed E-state index contributed by atoms with van der Waals surface area (Å²) < 4.78 is 0. The molecule has 0 unspecified atom stereocenters. The van der Waals surface area contributed by atoms with Crippen LogP contribution in [0.4, 0.5) is 0 Å². The Morgan fingerprint density at radius 1 is 1.36 bits per heavy atom. The molecule has 0 radical (unpaired) electrons. The molecular weight excluding hydrogens is 176 g/mol. The first-order chi connectivity index (χ1) is 6.68. The molecule has 0 aromatic carbocycles. The summed E-state index contributed by atoms with van der Waals surface area (Å²) in [4.78, 5) is 11.2. The number of hydrogen-bond donors (Lipinski definition) is 2. The van der Waals surface area contributed by atoms with Crippen molar-refractivity contribution >= 4 is 5.91 Å². The van der Waals surface area contributed by atoms with Crippen LogP contribution in [0.5, 0.6) is 0 Å². The number of amides is 1. The summed E-state index contributed by atoms with van der Waals surface area (Å²) >= 11 is 0. The topological polar surface area (TPSA) is 41.1 Å². The largest absolute Gasteiger partial charge is 0.353 e. The molecule has 14 heavy (non-hydrogen) atoms. The third-order valence-corrected chi connectivity index (χ3v) is 2.20. The standard InChI is InChI=1S/C11H20N2O/c1-9(2)5-7-12-8-6-11(14)13-10-3-4-10/h10,12H,1,3-8H2,2H3,(H,13,14). The molecule has 0 aliphatic heterocycles. The van der Waals surface area contributed by atoms with Gasteiger partial charge in [-0.05, 0) is 32.7 Å². The summed E-state index contributed by atoms with van der Waals surface area (Å²) in [6, 6.07) is 0.484. The maximum Gasteiger partial charge on any atom is 0.221 e. The molecule has 0 bridgehead atoms. The summed E-state index contributed by atoms with van der Waals surface area (Å²) in [7, 11) is 0. The Hall–Kier alpha value is -0.830. The van der Waals surface area contributed by atoms with Crippen LogP contribution < -0.4 is 10.6 Å². The van der Waals surface area contributed by atoms with Crippen molar-refractivity contribution in [1.82, 2.24) is 10.6 Å². The van der Waals surface area contributed by atoms with E-state index < -0.39 is 0 Å². The Kier molecular flexibility index (Phi) is 4.66. The zero-order valence-electron chi connectivity index (χ0n) is 8.94. The van der Waals surface area contributed by atoms with Gasteiger partial charge in [0.25, 0.3) is 0 Å². The van der Waals surface area contributed by atoms with Crippen LogP contribution in [0.3, 0.4) is 0 Å². The van der Waals surface area contributed by atoms with Gasteiger partial charge in [-0.3, -0.25) is 4.79 Å². The number of carbonyl (C=O) groups is 1. The second-order valence-electron chi connectivity index (χ2n) is 4.05. The second-order valence-corrected chi connectivity index (χ2v) is 4.05. The van der Waals surface area contributed by atoms with Crippen molar-refractivity contribution in [3.05, 3.63) is 12.2 Å². The Bertz CT molecular complexity index is 209. The summed E-state index contributed by atoms with van der Waals surface area (Å²) in [6.07, 6.45) is 3.90. The highest BCUT2D eigenvalue weighted by molar-refractivity contribution is 5.76. The zero-order chi connectivity index (χ0) is 10.4. The summed E-state index contributed by atoms with van der Waals surface area (Å²) in [5.74, 6) is 0.176. The predicted molar refractivity (Wildman–Crippen MR) is 58.1 cm³/mol. The molecule has 1 aliphatic rings. The molecule has 0 aromatic rings. The molecule has 3 heteroatoms. The van der Waals surface area contributed by atoms with E-state index in [1.54, 1.807) is 0 Å². The third-order valence-electron chi connectivity index (χ3n) is 2.20. The maximum absolute atomic E-state index is 11.2. The fourth-order valence-electron chi connectivity index (χ4n) is 1.16. The van der Waals surface area contributed by atoms with Gasteiger partial charge in [0.15, 0.2) is 0 Å². The molecule has 0 atom stereocenters. The normalized spacial score (nSPS) is 15.2. The van der Waals surface area contributed by atoms with E-state index in [9.17, 15) is 4.79 Å². The minimum absolute atomic E-state index is 0.176. The van der Waals surface area contributed by atoms with Crippen molar-refractivity contribution in [2.75, 3.05) is 13.1 Å². The van der Waals surface area contributed by atoms with E-state index >= 15 is 0 Å². The van der Waals surface area contributed by atoms with Gasteiger partial charge in [0.2, 0.25) is 5.91 Å². The Balaban J connectivity index is 1.87. The van der Waals surface area contributed by atoms with Gasteiger partial charge >= 0.3 is 0 Å². The van der Waals surface area contributed by atoms with Crippen LogP contribution in [0.15, 0.2) is 12.2 Å². The molecular formula is C11H20N2O. The highest BCUT2D eigenvalue weighted by atomic mass is 16.1. The first-order valence-electron chi connectivity index (χ1n) is 5.33. The van der Waals surface area contributed by atoms with Crippen LogP contribution in [0.2, 0.25) is 0 Å². The fourth-order valence-corrected chi connectivity index (χ4v) is 1.16. The lowest BCUT2D eigenvalue weighted by atomic mass is 10.2. The van der Waals surface area contributed by atoms with Gasteiger partial charge in [0.05, 0.1) is 0 Å². The molecule has 0 aromatic heterocycles. The zero-order valence-corrected chi connectivity index (χ0v) is 8.94. The molecule has 0 saturated heterocycles. The van der Waals surface area contributed by atoms with Gasteiger partial charge in [-0.2, -0.15) is 0 Å². The van der Waals surface area contributed by atoms with E-state index in [4.69, 9.17) is 0 Å². The van der Waals surface area contributed by atoms with Gasteiger partial charge in [0.1, 0.15) is 0 Å². The minimum Gasteiger partial charge on any atom is -0.353 e. The first kappa shape index (κ1) is 11.2. The van der Waals surface area contributed by atoms with Crippen molar-refractivity contribution in [2.24, 2.45) is 0 Å². The monoisotopic (exact) mass is 196 g/mol. The quantitative estimate of drug-likeness (QED) is 0.474. The van der Waals surface area contributed by atoms with Crippen molar-refractivity contribution < 1.29 is 4.79 Å². The number of hydrogen-bond acceptors (Lipinski definition) is 2. The Morgan fingerprint density at radius 3 is 2.57 bits per heavy atom. The molecule has 1 fully saturated rings. The Morgan fingerprint density at radius 2 is 2.00 bits per heavy atom. The highest BCUT2D eigenvalue weighted by Gasteiger charge is 2.22. The van der Waals surface area contributed by atoms with Crippen LogP contribution in [0.25, 0.3) is 0 Å². The first-order valence-corrected chi connectivity index (χ1v) is 5.33. The van der Waals surface area contributed by atoms with Gasteiger partial charge in [-0.25, -0.2) is 0 Å². The van der Waals surface area contributed by atoms with Crippen molar-refractivity contribution in [2.45, 2.75) is 38.6 Å². The summed E-state index contributed by atoms with van der Waals surface area (Å²) in [5, 5.41) is 6.18. The van der Waals surface area contributed by atoms with Crippen molar-refractivity contribution in [3.8, 4) is 0 Å². The molecule has 1 saturated carbocycles. The minimum atomic E-state index is 0.176. The van der Waals surface area contributed by atoms with Crippen molar-refractivity contribution in [1.29, 1.82) is 0 Å². The number of nitrogens with one attached hydrogen (secondary N) is 2. The lowest BCUT2D eigenvalue weighted by Gasteiger charge is -2.05. The van der Waals surface area contributed by atoms with E-state index in [1.807, 2.05) is 6.92 Å². The maximum atomic E-state index is 11.2. The molecule has 1 amide bonds. The fraction of sp³-hybridized carbons (Fsp3) is 0.727. The van der Waals surface area contributed by atoms with Crippen LogP contribution in [-0.4, -0.2) is 25.0 Å². The molecule has 2 N–H and O–H groups in total. The molecule has 0 spiro atoms. The average molecular weight is 196 g/mol. The summed E-state index contributed by atoms with van der Waals surface area (Å²) in [5.41, 5.74) is 1.18. The third kappa shape index (κ3) is 5.75. The van der Waals surface area contributed by atoms with E-state index in [1.165, 1.54) is 5.57 Å². The lowest BCUT2D eigenvalue weighted by molar-refractivity contribution is -0.121. The molecule has 1 aliphatic carbocycles. The van der Waals surface area contributed by atoms with Crippen molar-refractivity contribution in [3.63, 3.8) is 0 Å². The number of rotatable bonds is 7. The predicted octanol–water partition coefficient (Wildman–Crippen LogP) is 1.21. The Labute approximate surface area is 86.0 Å². The SMILES string of the molecule is C=C(C)CCNCCC(=O)NC1CC1. The van der Waals surface area contributed by atoms with E-state index in [2.05, 4.69) is 17.2 Å². The lowest BCUT2D eigenvalue weighted by Crippen LogP contribution is -2.29. The van der Waals surface area contributed by atoms with Crippen LogP contribution in [-0.2, 0) is 4.79 Å². The number of carbonyl (C=O) groups excluding carboxylic acids is 1. The molecule has 0 heterocycles. The molecule has 1 rings (SSSR count). The highest BCUT2D eigenvalue weighted by Crippen LogP contribution is 2.18. The summed E-state index contributed by atoms with van der Waals surface area (Å²) in [6.45, 7) is 7.52. The van der Waals surface area contributed by atoms with Crippen LogP contribution in [0, 0.1) is 0 Å². The van der Waals surface area contributed by atoms with E-state index in [0.29, 0.717) is 12.5 Å². The van der Waals surface area contributed by atoms with E-state index in [-0.39, 0.29) is 5.91 Å². The van der Waals surface area contributed by atoms with Crippen LogP contribution in [0.1, 0.15) is 32.6 Å². The van der Waals surface area contributed by atoms with Gasteiger partial charge in [0, 0.05) is 19.0 Å². The average Bonchev–Trinajstić information content (AvgIpc) is 2.87. The molecule has 3 nitrogen and oxygen atoms in total. The van der Waals surface area contributed by atoms with Gasteiger partial charge < -0.3 is 10.6 Å². The molecule has 80 valence electrons. The van der Waals surface area contributed by atoms with Gasteiger partial charge in [-0.1, -0.05) is 5.57 Å². The van der Waals surface area contributed by atoms with Crippen LogP contribution >= 0.6 is 0 Å². The van der Waals surface area contributed by atoms with Gasteiger partial charge in [-0.15, -0.1) is 6.58 Å². The second kappa shape index (κ2) is 5.81. The smallest absolute Gasteiger partial charge is 0.221 e.